The smallest absolute Gasteiger partial charge is 0.406 e. The van der Waals surface area contributed by atoms with Crippen molar-refractivity contribution in [2.75, 3.05) is 0 Å². The largest absolute Gasteiger partial charge is 0.573 e. The SMILES string of the molecule is O=C(NC1CC1)c1csc(C(O)c2cccc(OC(F)(F)F)c2)n1. The molecular weight excluding hydrogens is 345 g/mol. The van der Waals surface area contributed by atoms with Crippen molar-refractivity contribution in [1.82, 2.24) is 10.3 Å². The number of alkyl halides is 3. The van der Waals surface area contributed by atoms with E-state index in [4.69, 9.17) is 0 Å². The normalized spacial score (nSPS) is 15.8. The van der Waals surface area contributed by atoms with Gasteiger partial charge in [-0.25, -0.2) is 4.98 Å². The number of ether oxygens (including phenoxy) is 1. The van der Waals surface area contributed by atoms with E-state index in [-0.39, 0.29) is 28.2 Å². The van der Waals surface area contributed by atoms with E-state index in [9.17, 15) is 23.1 Å². The first kappa shape index (κ1) is 16.7. The number of carbonyl (C=O) groups is 1. The van der Waals surface area contributed by atoms with E-state index in [0.29, 0.717) is 0 Å². The van der Waals surface area contributed by atoms with Crippen LogP contribution in [-0.4, -0.2) is 28.4 Å². The summed E-state index contributed by atoms with van der Waals surface area (Å²) in [6.07, 6.45) is -4.16. The highest BCUT2D eigenvalue weighted by molar-refractivity contribution is 7.09. The molecule has 1 aliphatic carbocycles. The highest BCUT2D eigenvalue weighted by atomic mass is 32.1. The average molecular weight is 358 g/mol. The molecule has 2 aromatic rings. The molecule has 24 heavy (non-hydrogen) atoms. The van der Waals surface area contributed by atoms with Gasteiger partial charge in [0.05, 0.1) is 0 Å². The average Bonchev–Trinajstić information content (AvgIpc) is 3.17. The lowest BCUT2D eigenvalue weighted by Crippen LogP contribution is -2.25. The van der Waals surface area contributed by atoms with E-state index in [1.54, 1.807) is 0 Å². The van der Waals surface area contributed by atoms with Crippen molar-refractivity contribution >= 4 is 17.2 Å². The third-order valence-electron chi connectivity index (χ3n) is 3.31. The molecule has 1 atom stereocenters. The Hall–Kier alpha value is -2.13. The quantitative estimate of drug-likeness (QED) is 0.862. The number of rotatable bonds is 5. The molecule has 2 N–H and O–H groups in total. The minimum atomic E-state index is -4.81. The Morgan fingerprint density at radius 1 is 1.42 bits per heavy atom. The zero-order valence-electron chi connectivity index (χ0n) is 12.2. The van der Waals surface area contributed by atoms with Gasteiger partial charge >= 0.3 is 6.36 Å². The van der Waals surface area contributed by atoms with Gasteiger partial charge in [0.25, 0.3) is 5.91 Å². The number of aliphatic hydroxyl groups excluding tert-OH is 1. The van der Waals surface area contributed by atoms with Crippen LogP contribution in [0, 0.1) is 0 Å². The lowest BCUT2D eigenvalue weighted by Gasteiger charge is -2.12. The number of nitrogens with one attached hydrogen (secondary N) is 1. The van der Waals surface area contributed by atoms with Gasteiger partial charge in [-0.15, -0.1) is 24.5 Å². The molecule has 0 radical (unpaired) electrons. The summed E-state index contributed by atoms with van der Waals surface area (Å²) in [5.74, 6) is -0.747. The summed E-state index contributed by atoms with van der Waals surface area (Å²) in [7, 11) is 0. The van der Waals surface area contributed by atoms with Crippen molar-refractivity contribution in [3.63, 3.8) is 0 Å². The van der Waals surface area contributed by atoms with E-state index < -0.39 is 18.2 Å². The number of halogens is 3. The van der Waals surface area contributed by atoms with Crippen molar-refractivity contribution in [3.05, 3.63) is 45.9 Å². The van der Waals surface area contributed by atoms with Crippen LogP contribution >= 0.6 is 11.3 Å². The van der Waals surface area contributed by atoms with Gasteiger partial charge in [0.15, 0.2) is 0 Å². The fourth-order valence-electron chi connectivity index (χ4n) is 2.03. The number of amides is 1. The number of carbonyl (C=O) groups excluding carboxylic acids is 1. The topological polar surface area (TPSA) is 71.5 Å². The Kier molecular flexibility index (Phi) is 4.46. The van der Waals surface area contributed by atoms with Crippen LogP contribution in [0.25, 0.3) is 0 Å². The lowest BCUT2D eigenvalue weighted by atomic mass is 10.1. The van der Waals surface area contributed by atoms with Crippen LogP contribution in [0.3, 0.4) is 0 Å². The minimum absolute atomic E-state index is 0.184. The van der Waals surface area contributed by atoms with E-state index in [1.807, 2.05) is 0 Å². The van der Waals surface area contributed by atoms with Crippen LogP contribution < -0.4 is 10.1 Å². The molecular formula is C15H13F3N2O3S. The standard InChI is InChI=1S/C15H13F3N2O3S/c16-15(17,18)23-10-3-1-2-8(6-10)12(21)14-20-11(7-24-14)13(22)19-9-4-5-9/h1-3,6-7,9,12,21H,4-5H2,(H,19,22). The summed E-state index contributed by atoms with van der Waals surface area (Å²) in [6.45, 7) is 0. The molecule has 1 saturated carbocycles. The predicted molar refractivity (Wildman–Crippen MR) is 79.8 cm³/mol. The molecule has 1 aliphatic rings. The van der Waals surface area contributed by atoms with Crippen molar-refractivity contribution < 1.29 is 27.8 Å². The molecule has 1 heterocycles. The van der Waals surface area contributed by atoms with Crippen molar-refractivity contribution in [3.8, 4) is 5.75 Å². The highest BCUT2D eigenvalue weighted by Crippen LogP contribution is 2.30. The minimum Gasteiger partial charge on any atom is -0.406 e. The molecule has 1 fully saturated rings. The number of hydrogen-bond acceptors (Lipinski definition) is 5. The monoisotopic (exact) mass is 358 g/mol. The maximum atomic E-state index is 12.3. The predicted octanol–water partition coefficient (Wildman–Crippen LogP) is 3.02. The van der Waals surface area contributed by atoms with Gasteiger partial charge in [0.1, 0.15) is 22.6 Å². The van der Waals surface area contributed by atoms with Crippen LogP contribution in [0.1, 0.15) is 40.0 Å². The number of aromatic nitrogens is 1. The zero-order valence-corrected chi connectivity index (χ0v) is 13.0. The van der Waals surface area contributed by atoms with Gasteiger partial charge in [-0.3, -0.25) is 4.79 Å². The van der Waals surface area contributed by atoms with E-state index >= 15 is 0 Å². The van der Waals surface area contributed by atoms with Crippen LogP contribution in [0.15, 0.2) is 29.6 Å². The second kappa shape index (κ2) is 6.40. The van der Waals surface area contributed by atoms with Crippen molar-refractivity contribution in [2.45, 2.75) is 31.3 Å². The molecule has 0 saturated heterocycles. The third kappa shape index (κ3) is 4.24. The van der Waals surface area contributed by atoms with Crippen LogP contribution in [0.5, 0.6) is 5.75 Å². The second-order valence-corrected chi connectivity index (χ2v) is 6.23. The summed E-state index contributed by atoms with van der Waals surface area (Å²) >= 11 is 1.06. The van der Waals surface area contributed by atoms with Crippen LogP contribution in [0.2, 0.25) is 0 Å². The first-order chi connectivity index (χ1) is 11.3. The molecule has 1 aromatic heterocycles. The molecule has 5 nitrogen and oxygen atoms in total. The Morgan fingerprint density at radius 2 is 2.17 bits per heavy atom. The fraction of sp³-hybridized carbons (Fsp3) is 0.333. The molecule has 0 spiro atoms. The number of benzene rings is 1. The van der Waals surface area contributed by atoms with E-state index in [2.05, 4.69) is 15.0 Å². The number of thiazole rings is 1. The maximum Gasteiger partial charge on any atom is 0.573 e. The van der Waals surface area contributed by atoms with Gasteiger partial charge in [0, 0.05) is 11.4 Å². The summed E-state index contributed by atoms with van der Waals surface area (Å²) in [6, 6.07) is 5.21. The van der Waals surface area contributed by atoms with E-state index in [0.717, 1.165) is 36.3 Å². The zero-order chi connectivity index (χ0) is 17.3. The Bertz CT molecular complexity index is 744. The Labute approximate surface area is 139 Å². The molecule has 9 heteroatoms. The van der Waals surface area contributed by atoms with Gasteiger partial charge in [0.2, 0.25) is 0 Å². The lowest BCUT2D eigenvalue weighted by molar-refractivity contribution is -0.274. The molecule has 128 valence electrons. The third-order valence-corrected chi connectivity index (χ3v) is 4.21. The molecule has 1 amide bonds. The summed E-state index contributed by atoms with van der Waals surface area (Å²) in [4.78, 5) is 15.9. The van der Waals surface area contributed by atoms with Gasteiger partial charge in [-0.05, 0) is 30.5 Å². The first-order valence-electron chi connectivity index (χ1n) is 7.12. The first-order valence-corrected chi connectivity index (χ1v) is 8.00. The summed E-state index contributed by atoms with van der Waals surface area (Å²) in [5.41, 5.74) is 0.379. The molecule has 1 aromatic carbocycles. The van der Waals surface area contributed by atoms with Crippen LogP contribution in [0.4, 0.5) is 13.2 Å². The highest BCUT2D eigenvalue weighted by Gasteiger charge is 2.31. The number of nitrogens with zero attached hydrogens (tertiary/aromatic N) is 1. The Morgan fingerprint density at radius 3 is 2.83 bits per heavy atom. The number of aliphatic hydroxyl groups is 1. The summed E-state index contributed by atoms with van der Waals surface area (Å²) in [5, 5.41) is 14.8. The van der Waals surface area contributed by atoms with Gasteiger partial charge in [-0.1, -0.05) is 12.1 Å². The van der Waals surface area contributed by atoms with Crippen molar-refractivity contribution in [1.29, 1.82) is 0 Å². The molecule has 1 unspecified atom stereocenters. The fourth-order valence-corrected chi connectivity index (χ4v) is 2.84. The maximum absolute atomic E-state index is 12.3. The molecule has 0 aliphatic heterocycles. The summed E-state index contributed by atoms with van der Waals surface area (Å²) < 4.78 is 40.6. The Balaban J connectivity index is 1.74. The van der Waals surface area contributed by atoms with E-state index in [1.165, 1.54) is 17.5 Å². The van der Waals surface area contributed by atoms with Gasteiger partial charge < -0.3 is 15.2 Å². The second-order valence-electron chi connectivity index (χ2n) is 5.34. The van der Waals surface area contributed by atoms with Gasteiger partial charge in [-0.2, -0.15) is 0 Å². The molecule has 3 rings (SSSR count). The number of hydrogen-bond donors (Lipinski definition) is 2. The molecule has 0 bridgehead atoms. The van der Waals surface area contributed by atoms with Crippen molar-refractivity contribution in [2.24, 2.45) is 0 Å². The van der Waals surface area contributed by atoms with Crippen LogP contribution in [-0.2, 0) is 0 Å².